The van der Waals surface area contributed by atoms with E-state index >= 15 is 0 Å². The molecule has 0 N–H and O–H groups in total. The first-order valence-electron chi connectivity index (χ1n) is 7.19. The molecule has 0 aliphatic carbocycles. The van der Waals surface area contributed by atoms with E-state index in [1.807, 2.05) is 11.0 Å². The van der Waals surface area contributed by atoms with Crippen molar-refractivity contribution in [2.24, 2.45) is 0 Å². The highest BCUT2D eigenvalue weighted by atomic mass is 35.5. The van der Waals surface area contributed by atoms with Crippen LogP contribution < -0.4 is 4.90 Å². The molecule has 0 bridgehead atoms. The quantitative estimate of drug-likeness (QED) is 0.847. The van der Waals surface area contributed by atoms with Crippen LogP contribution in [0.1, 0.15) is 10.4 Å². The van der Waals surface area contributed by atoms with Gasteiger partial charge in [0.05, 0.1) is 0 Å². The maximum Gasteiger partial charge on any atom is 0.253 e. The Labute approximate surface area is 133 Å². The molecular weight excluding hydrogens is 303 g/mol. The van der Waals surface area contributed by atoms with Crippen molar-refractivity contribution < 1.29 is 9.18 Å². The molecule has 3 nitrogen and oxygen atoms in total. The molecule has 1 saturated heterocycles. The number of nitrogens with zero attached hydrogens (tertiary/aromatic N) is 2. The van der Waals surface area contributed by atoms with Crippen LogP contribution >= 0.6 is 11.6 Å². The van der Waals surface area contributed by atoms with Crippen LogP contribution in [0.25, 0.3) is 0 Å². The summed E-state index contributed by atoms with van der Waals surface area (Å²) in [6, 6.07) is 13.5. The van der Waals surface area contributed by atoms with Crippen LogP contribution in [0, 0.1) is 5.82 Å². The summed E-state index contributed by atoms with van der Waals surface area (Å²) in [7, 11) is 0. The maximum absolute atomic E-state index is 13.3. The van der Waals surface area contributed by atoms with Gasteiger partial charge in [-0.1, -0.05) is 17.7 Å². The second-order valence-electron chi connectivity index (χ2n) is 5.27. The minimum Gasteiger partial charge on any atom is -0.368 e. The summed E-state index contributed by atoms with van der Waals surface area (Å²) in [6.45, 7) is 2.64. The monoisotopic (exact) mass is 318 g/mol. The topological polar surface area (TPSA) is 23.6 Å². The Hall–Kier alpha value is -2.07. The van der Waals surface area contributed by atoms with Crippen LogP contribution in [0.2, 0.25) is 5.02 Å². The highest BCUT2D eigenvalue weighted by Gasteiger charge is 2.22. The number of halogens is 2. The van der Waals surface area contributed by atoms with Gasteiger partial charge in [0, 0.05) is 42.5 Å². The number of hydrogen-bond donors (Lipinski definition) is 0. The highest BCUT2D eigenvalue weighted by Crippen LogP contribution is 2.19. The van der Waals surface area contributed by atoms with Crippen LogP contribution in [0.15, 0.2) is 48.5 Å². The Morgan fingerprint density at radius 3 is 2.32 bits per heavy atom. The van der Waals surface area contributed by atoms with Gasteiger partial charge in [0.15, 0.2) is 0 Å². The van der Waals surface area contributed by atoms with Crippen molar-refractivity contribution in [1.29, 1.82) is 0 Å². The van der Waals surface area contributed by atoms with Crippen LogP contribution in [-0.4, -0.2) is 37.0 Å². The zero-order valence-electron chi connectivity index (χ0n) is 12.0. The molecule has 1 fully saturated rings. The third-order valence-corrected chi connectivity index (χ3v) is 4.08. The van der Waals surface area contributed by atoms with Crippen molar-refractivity contribution in [3.8, 4) is 0 Å². The fraction of sp³-hybridized carbons (Fsp3) is 0.235. The lowest BCUT2D eigenvalue weighted by molar-refractivity contribution is 0.0747. The summed E-state index contributed by atoms with van der Waals surface area (Å²) >= 11 is 5.84. The van der Waals surface area contributed by atoms with E-state index in [2.05, 4.69) is 4.90 Å². The van der Waals surface area contributed by atoms with Crippen LogP contribution in [-0.2, 0) is 0 Å². The van der Waals surface area contributed by atoms with Gasteiger partial charge in [-0.2, -0.15) is 0 Å². The van der Waals surface area contributed by atoms with E-state index < -0.39 is 0 Å². The number of hydrogen-bond acceptors (Lipinski definition) is 2. The van der Waals surface area contributed by atoms with Gasteiger partial charge in [0.25, 0.3) is 5.91 Å². The van der Waals surface area contributed by atoms with Crippen molar-refractivity contribution in [2.75, 3.05) is 31.1 Å². The van der Waals surface area contributed by atoms with Crippen LogP contribution in [0.3, 0.4) is 0 Å². The first-order valence-corrected chi connectivity index (χ1v) is 7.56. The zero-order valence-corrected chi connectivity index (χ0v) is 12.8. The average Bonchev–Trinajstić information content (AvgIpc) is 2.55. The van der Waals surface area contributed by atoms with E-state index in [4.69, 9.17) is 11.6 Å². The van der Waals surface area contributed by atoms with Crippen LogP contribution in [0.5, 0.6) is 0 Å². The first kappa shape index (κ1) is 14.9. The molecule has 0 atom stereocenters. The van der Waals surface area contributed by atoms with Gasteiger partial charge < -0.3 is 9.80 Å². The Balaban J connectivity index is 1.64. The summed E-state index contributed by atoms with van der Waals surface area (Å²) in [5.41, 5.74) is 1.50. The minimum atomic E-state index is -0.239. The molecule has 0 aromatic heterocycles. The van der Waals surface area contributed by atoms with Gasteiger partial charge in [0.2, 0.25) is 0 Å². The Bertz CT molecular complexity index is 667. The summed E-state index contributed by atoms with van der Waals surface area (Å²) in [6.07, 6.45) is 0. The summed E-state index contributed by atoms with van der Waals surface area (Å²) in [4.78, 5) is 16.3. The normalized spacial score (nSPS) is 15.0. The second-order valence-corrected chi connectivity index (χ2v) is 5.70. The van der Waals surface area contributed by atoms with Crippen molar-refractivity contribution in [2.45, 2.75) is 0 Å². The molecule has 2 aromatic rings. The summed E-state index contributed by atoms with van der Waals surface area (Å²) in [5.74, 6) is -0.229. The largest absolute Gasteiger partial charge is 0.368 e. The third kappa shape index (κ3) is 3.22. The Morgan fingerprint density at radius 2 is 1.68 bits per heavy atom. The zero-order chi connectivity index (χ0) is 15.5. The fourth-order valence-corrected chi connectivity index (χ4v) is 2.74. The van der Waals surface area contributed by atoms with Crippen molar-refractivity contribution in [1.82, 2.24) is 4.90 Å². The van der Waals surface area contributed by atoms with Gasteiger partial charge in [-0.25, -0.2) is 4.39 Å². The predicted molar refractivity (Wildman–Crippen MR) is 86.0 cm³/mol. The molecule has 22 heavy (non-hydrogen) atoms. The SMILES string of the molecule is O=C(c1ccc(Cl)cc1)N1CCN(c2cccc(F)c2)CC1. The molecule has 0 spiro atoms. The molecule has 1 heterocycles. The fourth-order valence-electron chi connectivity index (χ4n) is 2.62. The minimum absolute atomic E-state index is 0.00978. The van der Waals surface area contributed by atoms with Crippen molar-refractivity contribution in [3.63, 3.8) is 0 Å². The van der Waals surface area contributed by atoms with Crippen molar-refractivity contribution >= 4 is 23.2 Å². The second kappa shape index (κ2) is 6.36. The molecule has 1 aliphatic rings. The van der Waals surface area contributed by atoms with Gasteiger partial charge >= 0.3 is 0 Å². The van der Waals surface area contributed by atoms with Gasteiger partial charge in [-0.3, -0.25) is 4.79 Å². The van der Waals surface area contributed by atoms with Crippen LogP contribution in [0.4, 0.5) is 10.1 Å². The number of amides is 1. The lowest BCUT2D eigenvalue weighted by atomic mass is 10.1. The van der Waals surface area contributed by atoms with Crippen molar-refractivity contribution in [3.05, 3.63) is 64.9 Å². The lowest BCUT2D eigenvalue weighted by Gasteiger charge is -2.36. The predicted octanol–water partition coefficient (Wildman–Crippen LogP) is 3.44. The van der Waals surface area contributed by atoms with Gasteiger partial charge in [-0.15, -0.1) is 0 Å². The van der Waals surface area contributed by atoms with E-state index in [0.717, 1.165) is 5.69 Å². The summed E-state index contributed by atoms with van der Waals surface area (Å²) < 4.78 is 13.3. The van der Waals surface area contributed by atoms with E-state index in [0.29, 0.717) is 36.8 Å². The molecular formula is C17H16ClFN2O. The van der Waals surface area contributed by atoms with E-state index in [-0.39, 0.29) is 11.7 Å². The maximum atomic E-state index is 13.3. The Kier molecular flexibility index (Phi) is 4.29. The van der Waals surface area contributed by atoms with Gasteiger partial charge in [0.1, 0.15) is 5.82 Å². The molecule has 0 unspecified atom stereocenters. The highest BCUT2D eigenvalue weighted by molar-refractivity contribution is 6.30. The smallest absolute Gasteiger partial charge is 0.253 e. The first-order chi connectivity index (χ1) is 10.6. The van der Waals surface area contributed by atoms with E-state index in [9.17, 15) is 9.18 Å². The number of anilines is 1. The van der Waals surface area contributed by atoms with Gasteiger partial charge in [-0.05, 0) is 42.5 Å². The average molecular weight is 319 g/mol. The molecule has 0 saturated carbocycles. The third-order valence-electron chi connectivity index (χ3n) is 3.83. The number of benzene rings is 2. The molecule has 0 radical (unpaired) electrons. The molecule has 114 valence electrons. The Morgan fingerprint density at radius 1 is 1.00 bits per heavy atom. The molecule has 1 aliphatic heterocycles. The molecule has 5 heteroatoms. The molecule has 3 rings (SSSR count). The summed E-state index contributed by atoms with van der Waals surface area (Å²) in [5, 5.41) is 0.618. The number of rotatable bonds is 2. The lowest BCUT2D eigenvalue weighted by Crippen LogP contribution is -2.48. The number of piperazine rings is 1. The van der Waals surface area contributed by atoms with E-state index in [1.165, 1.54) is 12.1 Å². The standard InChI is InChI=1S/C17H16ClFN2O/c18-14-6-4-13(5-7-14)17(22)21-10-8-20(9-11-21)16-3-1-2-15(19)12-16/h1-7,12H,8-11H2. The number of carbonyl (C=O) groups excluding carboxylic acids is 1. The van der Waals surface area contributed by atoms with E-state index in [1.54, 1.807) is 30.3 Å². The molecule has 1 amide bonds. The molecule has 2 aromatic carbocycles. The number of carbonyl (C=O) groups is 1.